The number of nitriles is 1. The van der Waals surface area contributed by atoms with Crippen molar-refractivity contribution in [1.82, 2.24) is 9.88 Å². The van der Waals surface area contributed by atoms with E-state index in [1.165, 1.54) is 0 Å². The molecule has 2 rings (SSSR count). The number of pyridine rings is 1. The standard InChI is InChI=1S/C14H20N4O/c15-9-12-3-4-16-14(8-12)17-5-7-18-6-1-2-13(10-18)11-19/h3-4,8,13,19H,1-2,5-7,10-11H2,(H,16,17)/t13-/m1/s1. The van der Waals surface area contributed by atoms with Gasteiger partial charge in [-0.05, 0) is 37.4 Å². The van der Waals surface area contributed by atoms with Gasteiger partial charge >= 0.3 is 0 Å². The molecule has 0 amide bonds. The number of likely N-dealkylation sites (tertiary alicyclic amines) is 1. The van der Waals surface area contributed by atoms with Crippen molar-refractivity contribution in [2.75, 3.05) is 38.1 Å². The third-order valence-corrected chi connectivity index (χ3v) is 3.48. The average molecular weight is 260 g/mol. The summed E-state index contributed by atoms with van der Waals surface area (Å²) in [7, 11) is 0. The molecule has 1 aliphatic heterocycles. The van der Waals surface area contributed by atoms with Crippen LogP contribution in [0.2, 0.25) is 0 Å². The summed E-state index contributed by atoms with van der Waals surface area (Å²) in [6.45, 7) is 4.11. The Balaban J connectivity index is 1.75. The predicted octanol–water partition coefficient (Wildman–Crippen LogP) is 1.07. The highest BCUT2D eigenvalue weighted by molar-refractivity contribution is 5.42. The Bertz CT molecular complexity index is 443. The molecule has 1 fully saturated rings. The second-order valence-corrected chi connectivity index (χ2v) is 4.96. The van der Waals surface area contributed by atoms with Crippen LogP contribution in [0.5, 0.6) is 0 Å². The lowest BCUT2D eigenvalue weighted by atomic mass is 9.99. The zero-order chi connectivity index (χ0) is 13.5. The van der Waals surface area contributed by atoms with Crippen molar-refractivity contribution >= 4 is 5.82 Å². The number of aromatic nitrogens is 1. The molecule has 5 nitrogen and oxygen atoms in total. The fourth-order valence-electron chi connectivity index (χ4n) is 2.44. The Hall–Kier alpha value is -1.64. The molecule has 5 heteroatoms. The van der Waals surface area contributed by atoms with E-state index in [1.54, 1.807) is 18.3 Å². The molecular weight excluding hydrogens is 240 g/mol. The van der Waals surface area contributed by atoms with Crippen molar-refractivity contribution < 1.29 is 5.11 Å². The third-order valence-electron chi connectivity index (χ3n) is 3.48. The molecule has 1 aromatic rings. The van der Waals surface area contributed by atoms with E-state index in [0.717, 1.165) is 44.8 Å². The van der Waals surface area contributed by atoms with Crippen molar-refractivity contribution in [2.24, 2.45) is 5.92 Å². The van der Waals surface area contributed by atoms with E-state index in [1.807, 2.05) is 0 Å². The molecule has 2 heterocycles. The van der Waals surface area contributed by atoms with Crippen LogP contribution in [-0.2, 0) is 0 Å². The maximum atomic E-state index is 9.19. The summed E-state index contributed by atoms with van der Waals surface area (Å²) in [4.78, 5) is 6.55. The lowest BCUT2D eigenvalue weighted by Gasteiger charge is -2.31. The fraction of sp³-hybridized carbons (Fsp3) is 0.571. The van der Waals surface area contributed by atoms with E-state index >= 15 is 0 Å². The molecule has 2 N–H and O–H groups in total. The van der Waals surface area contributed by atoms with Crippen molar-refractivity contribution in [3.63, 3.8) is 0 Å². The Kier molecular flexibility index (Phi) is 5.13. The molecule has 1 aromatic heterocycles. The van der Waals surface area contributed by atoms with E-state index < -0.39 is 0 Å². The van der Waals surface area contributed by atoms with Crippen LogP contribution in [0.1, 0.15) is 18.4 Å². The summed E-state index contributed by atoms with van der Waals surface area (Å²) in [6.07, 6.45) is 3.93. The quantitative estimate of drug-likeness (QED) is 0.828. The summed E-state index contributed by atoms with van der Waals surface area (Å²) in [5, 5.41) is 21.2. The van der Waals surface area contributed by atoms with Gasteiger partial charge in [-0.2, -0.15) is 5.26 Å². The largest absolute Gasteiger partial charge is 0.396 e. The van der Waals surface area contributed by atoms with Crippen LogP contribution in [0.25, 0.3) is 0 Å². The monoisotopic (exact) mass is 260 g/mol. The topological polar surface area (TPSA) is 72.2 Å². The van der Waals surface area contributed by atoms with Crippen LogP contribution in [0.15, 0.2) is 18.3 Å². The molecule has 0 aliphatic carbocycles. The van der Waals surface area contributed by atoms with E-state index in [-0.39, 0.29) is 6.61 Å². The van der Waals surface area contributed by atoms with Gasteiger partial charge in [-0.3, -0.25) is 0 Å². The summed E-state index contributed by atoms with van der Waals surface area (Å²) in [5.74, 6) is 1.17. The number of anilines is 1. The lowest BCUT2D eigenvalue weighted by molar-refractivity contribution is 0.123. The molecule has 0 radical (unpaired) electrons. The minimum atomic E-state index is 0.287. The summed E-state index contributed by atoms with van der Waals surface area (Å²) in [6, 6.07) is 5.56. The van der Waals surface area contributed by atoms with Gasteiger partial charge in [-0.25, -0.2) is 4.98 Å². The molecular formula is C14H20N4O. The van der Waals surface area contributed by atoms with Crippen molar-refractivity contribution in [2.45, 2.75) is 12.8 Å². The van der Waals surface area contributed by atoms with E-state index in [0.29, 0.717) is 11.5 Å². The Morgan fingerprint density at radius 1 is 1.58 bits per heavy atom. The van der Waals surface area contributed by atoms with Gasteiger partial charge in [0, 0.05) is 32.4 Å². The second-order valence-electron chi connectivity index (χ2n) is 4.96. The molecule has 0 saturated carbocycles. The van der Waals surface area contributed by atoms with E-state index in [4.69, 9.17) is 5.26 Å². The SMILES string of the molecule is N#Cc1ccnc(NCCN2CCC[C@@H](CO)C2)c1. The fourth-order valence-corrected chi connectivity index (χ4v) is 2.44. The Morgan fingerprint density at radius 3 is 3.26 bits per heavy atom. The zero-order valence-electron chi connectivity index (χ0n) is 11.0. The molecule has 102 valence electrons. The van der Waals surface area contributed by atoms with Crippen LogP contribution in [0.3, 0.4) is 0 Å². The smallest absolute Gasteiger partial charge is 0.127 e. The highest BCUT2D eigenvalue weighted by atomic mass is 16.3. The van der Waals surface area contributed by atoms with E-state index in [2.05, 4.69) is 21.3 Å². The number of rotatable bonds is 5. The number of aliphatic hydroxyl groups excluding tert-OH is 1. The van der Waals surface area contributed by atoms with Gasteiger partial charge in [0.15, 0.2) is 0 Å². The minimum Gasteiger partial charge on any atom is -0.396 e. The molecule has 0 aromatic carbocycles. The third kappa shape index (κ3) is 4.19. The van der Waals surface area contributed by atoms with Crippen molar-refractivity contribution in [1.29, 1.82) is 5.26 Å². The normalized spacial score (nSPS) is 19.9. The first-order valence-corrected chi connectivity index (χ1v) is 6.75. The summed E-state index contributed by atoms with van der Waals surface area (Å²) in [5.41, 5.74) is 0.621. The Labute approximate surface area is 113 Å². The van der Waals surface area contributed by atoms with Gasteiger partial charge in [-0.1, -0.05) is 0 Å². The maximum absolute atomic E-state index is 9.19. The number of piperidine rings is 1. The average Bonchev–Trinajstić information content (AvgIpc) is 2.48. The molecule has 1 atom stereocenters. The van der Waals surface area contributed by atoms with E-state index in [9.17, 15) is 5.11 Å². The van der Waals surface area contributed by atoms with Crippen LogP contribution in [0, 0.1) is 17.2 Å². The first-order chi connectivity index (χ1) is 9.31. The molecule has 0 bridgehead atoms. The van der Waals surface area contributed by atoms with Gasteiger partial charge in [0.25, 0.3) is 0 Å². The molecule has 1 aliphatic rings. The Morgan fingerprint density at radius 2 is 2.47 bits per heavy atom. The highest BCUT2D eigenvalue weighted by Crippen LogP contribution is 2.15. The highest BCUT2D eigenvalue weighted by Gasteiger charge is 2.18. The number of aliphatic hydroxyl groups is 1. The number of hydrogen-bond donors (Lipinski definition) is 2. The molecule has 19 heavy (non-hydrogen) atoms. The van der Waals surface area contributed by atoms with Crippen molar-refractivity contribution in [3.05, 3.63) is 23.9 Å². The van der Waals surface area contributed by atoms with Gasteiger partial charge in [-0.15, -0.1) is 0 Å². The predicted molar refractivity (Wildman–Crippen MR) is 73.7 cm³/mol. The van der Waals surface area contributed by atoms with Crippen LogP contribution < -0.4 is 5.32 Å². The first-order valence-electron chi connectivity index (χ1n) is 6.75. The number of nitrogens with one attached hydrogen (secondary N) is 1. The van der Waals surface area contributed by atoms with Crippen LogP contribution in [-0.4, -0.2) is 47.8 Å². The molecule has 0 spiro atoms. The number of nitrogens with zero attached hydrogens (tertiary/aromatic N) is 3. The zero-order valence-corrected chi connectivity index (χ0v) is 11.0. The summed E-state index contributed by atoms with van der Waals surface area (Å²) >= 11 is 0. The lowest BCUT2D eigenvalue weighted by Crippen LogP contribution is -2.39. The first kappa shape index (κ1) is 13.8. The second kappa shape index (κ2) is 7.07. The summed E-state index contributed by atoms with van der Waals surface area (Å²) < 4.78 is 0. The number of hydrogen-bond acceptors (Lipinski definition) is 5. The maximum Gasteiger partial charge on any atom is 0.127 e. The molecule has 0 unspecified atom stereocenters. The van der Waals surface area contributed by atoms with Crippen LogP contribution >= 0.6 is 0 Å². The van der Waals surface area contributed by atoms with Gasteiger partial charge in [0.05, 0.1) is 11.6 Å². The minimum absolute atomic E-state index is 0.287. The van der Waals surface area contributed by atoms with Gasteiger partial charge in [0.1, 0.15) is 5.82 Å². The van der Waals surface area contributed by atoms with Gasteiger partial charge < -0.3 is 15.3 Å². The van der Waals surface area contributed by atoms with Crippen molar-refractivity contribution in [3.8, 4) is 6.07 Å². The molecule has 1 saturated heterocycles. The van der Waals surface area contributed by atoms with Crippen LogP contribution in [0.4, 0.5) is 5.82 Å². The van der Waals surface area contributed by atoms with Gasteiger partial charge in [0.2, 0.25) is 0 Å².